The van der Waals surface area contributed by atoms with Crippen LogP contribution in [0.15, 0.2) is 59.5 Å². The number of hydrogen-bond acceptors (Lipinski definition) is 5. The number of nitrogens with zero attached hydrogens (tertiary/aromatic N) is 6. The molecule has 0 radical (unpaired) electrons. The lowest BCUT2D eigenvalue weighted by molar-refractivity contribution is -0.129. The van der Waals surface area contributed by atoms with Gasteiger partial charge in [0.15, 0.2) is 5.65 Å². The largest absolute Gasteiger partial charge is 0.353 e. The van der Waals surface area contributed by atoms with Gasteiger partial charge in [-0.15, -0.1) is 5.10 Å². The highest BCUT2D eigenvalue weighted by Crippen LogP contribution is 2.30. The molecule has 4 heterocycles. The third kappa shape index (κ3) is 3.40. The second-order valence-corrected chi connectivity index (χ2v) is 8.00. The van der Waals surface area contributed by atoms with Gasteiger partial charge in [0.2, 0.25) is 5.91 Å². The van der Waals surface area contributed by atoms with Crippen LogP contribution in [-0.4, -0.2) is 54.4 Å². The van der Waals surface area contributed by atoms with Crippen molar-refractivity contribution in [2.75, 3.05) is 19.6 Å². The molecule has 0 saturated carbocycles. The third-order valence-electron chi connectivity index (χ3n) is 6.02. The van der Waals surface area contributed by atoms with Crippen molar-refractivity contribution in [3.05, 3.63) is 82.2 Å². The van der Waals surface area contributed by atoms with Gasteiger partial charge in [0.05, 0.1) is 17.9 Å². The number of piperazine rings is 1. The minimum atomic E-state index is -0.464. The fourth-order valence-electron chi connectivity index (χ4n) is 4.48. The van der Waals surface area contributed by atoms with E-state index in [9.17, 15) is 9.59 Å². The Hall–Kier alpha value is -3.72. The molecule has 5 rings (SSSR count). The summed E-state index contributed by atoms with van der Waals surface area (Å²) in [4.78, 5) is 27.7. The monoisotopic (exact) mass is 431 g/mol. The first-order valence-electron chi connectivity index (χ1n) is 10.7. The van der Waals surface area contributed by atoms with Crippen LogP contribution in [0.25, 0.3) is 11.3 Å². The number of carbonyl (C=O) groups is 1. The highest BCUT2D eigenvalue weighted by atomic mass is 16.2. The fraction of sp³-hybridized carbons (Fsp3) is 0.304. The quantitative estimate of drug-likeness (QED) is 0.517. The van der Waals surface area contributed by atoms with E-state index in [-0.39, 0.29) is 11.6 Å². The summed E-state index contributed by atoms with van der Waals surface area (Å²) in [6.07, 6.45) is 1.71. The first-order valence-corrected chi connectivity index (χ1v) is 10.7. The van der Waals surface area contributed by atoms with Crippen LogP contribution in [0, 0.1) is 13.8 Å². The van der Waals surface area contributed by atoms with Crippen LogP contribution < -0.4 is 11.0 Å². The number of carbonyl (C=O) groups excluding carboxylic acids is 1. The van der Waals surface area contributed by atoms with Gasteiger partial charge in [-0.25, -0.2) is 14.2 Å². The van der Waals surface area contributed by atoms with Gasteiger partial charge < -0.3 is 5.32 Å². The highest BCUT2D eigenvalue weighted by Gasteiger charge is 2.35. The Morgan fingerprint density at radius 3 is 2.56 bits per heavy atom. The van der Waals surface area contributed by atoms with E-state index in [0.717, 1.165) is 22.6 Å². The zero-order valence-corrected chi connectivity index (χ0v) is 18.1. The highest BCUT2D eigenvalue weighted by molar-refractivity contribution is 5.84. The molecule has 0 spiro atoms. The number of nitrogens with one attached hydrogen (secondary N) is 1. The summed E-state index contributed by atoms with van der Waals surface area (Å²) in [6.45, 7) is 6.12. The number of rotatable bonds is 5. The van der Waals surface area contributed by atoms with Crippen molar-refractivity contribution in [3.63, 3.8) is 0 Å². The summed E-state index contributed by atoms with van der Waals surface area (Å²) in [5.74, 6) is -0.0441. The first-order chi connectivity index (χ1) is 15.5. The lowest BCUT2D eigenvalue weighted by Gasteiger charge is -2.35. The summed E-state index contributed by atoms with van der Waals surface area (Å²) < 4.78 is 4.88. The van der Waals surface area contributed by atoms with Crippen LogP contribution in [-0.2, 0) is 11.3 Å². The fourth-order valence-corrected chi connectivity index (χ4v) is 4.48. The van der Waals surface area contributed by atoms with E-state index in [4.69, 9.17) is 5.10 Å². The number of benzene rings is 1. The molecular formula is C23H25N7O2. The number of aryl methyl sites for hydroxylation is 1. The number of aromatic nitrogens is 5. The van der Waals surface area contributed by atoms with Gasteiger partial charge in [-0.05, 0) is 38.1 Å². The molecule has 32 heavy (non-hydrogen) atoms. The molecular weight excluding hydrogens is 406 g/mol. The van der Waals surface area contributed by atoms with Gasteiger partial charge in [0, 0.05) is 37.1 Å². The van der Waals surface area contributed by atoms with Gasteiger partial charge >= 0.3 is 5.69 Å². The van der Waals surface area contributed by atoms with Crippen molar-refractivity contribution in [1.82, 2.24) is 34.2 Å². The molecule has 1 atom stereocenters. The Labute approximate surface area is 184 Å². The van der Waals surface area contributed by atoms with Gasteiger partial charge in [-0.3, -0.25) is 14.1 Å². The number of pyridine rings is 1. The molecule has 0 aliphatic carbocycles. The molecule has 1 fully saturated rings. The molecule has 1 aliphatic rings. The molecule has 1 saturated heterocycles. The minimum Gasteiger partial charge on any atom is -0.353 e. The zero-order chi connectivity index (χ0) is 22.2. The average molecular weight is 432 g/mol. The van der Waals surface area contributed by atoms with E-state index in [2.05, 4.69) is 15.3 Å². The maximum atomic E-state index is 13.0. The maximum Gasteiger partial charge on any atom is 0.350 e. The third-order valence-corrected chi connectivity index (χ3v) is 6.02. The smallest absolute Gasteiger partial charge is 0.350 e. The Bertz CT molecular complexity index is 1340. The molecule has 9 heteroatoms. The average Bonchev–Trinajstić information content (AvgIpc) is 3.29. The van der Waals surface area contributed by atoms with Crippen LogP contribution in [0.3, 0.4) is 0 Å². The van der Waals surface area contributed by atoms with E-state index in [1.165, 1.54) is 9.08 Å². The summed E-state index contributed by atoms with van der Waals surface area (Å²) in [6, 6.07) is 14.9. The van der Waals surface area contributed by atoms with Crippen molar-refractivity contribution in [1.29, 1.82) is 0 Å². The normalized spacial score (nSPS) is 17.1. The van der Waals surface area contributed by atoms with Crippen LogP contribution in [0.1, 0.15) is 23.0 Å². The molecule has 1 aliphatic heterocycles. The predicted octanol–water partition coefficient (Wildman–Crippen LogP) is 1.47. The molecule has 3 aromatic heterocycles. The molecule has 1 aromatic carbocycles. The second kappa shape index (κ2) is 8.08. The summed E-state index contributed by atoms with van der Waals surface area (Å²) >= 11 is 0. The summed E-state index contributed by atoms with van der Waals surface area (Å²) in [7, 11) is 0. The summed E-state index contributed by atoms with van der Waals surface area (Å²) in [5.41, 5.74) is 4.06. The standard InChI is InChI=1S/C23H25N7O2/c1-16-20(17(2)30(25-16)18-8-4-3-5-9-18)21-22(31)24-11-13-27(21)14-15-29-23(32)28-12-7-6-10-19(28)26-29/h3-10,12,21H,11,13-15H2,1-2H3,(H,24,31)/t21-/m1/s1. The lowest BCUT2D eigenvalue weighted by atomic mass is 10.00. The van der Waals surface area contributed by atoms with Crippen LogP contribution in [0.2, 0.25) is 0 Å². The van der Waals surface area contributed by atoms with Gasteiger partial charge in [-0.2, -0.15) is 5.10 Å². The van der Waals surface area contributed by atoms with Crippen LogP contribution in [0.4, 0.5) is 0 Å². The van der Waals surface area contributed by atoms with E-state index in [0.29, 0.717) is 31.8 Å². The van der Waals surface area contributed by atoms with E-state index in [1.807, 2.05) is 54.9 Å². The van der Waals surface area contributed by atoms with Gasteiger partial charge in [0.1, 0.15) is 6.04 Å². The molecule has 164 valence electrons. The molecule has 1 amide bonds. The van der Waals surface area contributed by atoms with E-state index >= 15 is 0 Å². The lowest BCUT2D eigenvalue weighted by Crippen LogP contribution is -2.51. The maximum absolute atomic E-state index is 13.0. The van der Waals surface area contributed by atoms with Gasteiger partial charge in [-0.1, -0.05) is 24.3 Å². The number of fused-ring (bicyclic) bond motifs is 1. The molecule has 0 bridgehead atoms. The summed E-state index contributed by atoms with van der Waals surface area (Å²) in [5, 5.41) is 12.1. The Kier molecular flexibility index (Phi) is 5.10. The Morgan fingerprint density at radius 2 is 1.78 bits per heavy atom. The van der Waals surface area contributed by atoms with Crippen molar-refractivity contribution in [2.45, 2.75) is 26.4 Å². The molecule has 0 unspecified atom stereocenters. The molecule has 4 aromatic rings. The molecule has 9 nitrogen and oxygen atoms in total. The van der Waals surface area contributed by atoms with Crippen molar-refractivity contribution in [3.8, 4) is 5.69 Å². The number of para-hydroxylation sites is 1. The second-order valence-electron chi connectivity index (χ2n) is 8.00. The Morgan fingerprint density at radius 1 is 1.00 bits per heavy atom. The SMILES string of the molecule is Cc1nn(-c2ccccc2)c(C)c1[C@@H]1C(=O)NCCN1CCn1nc2ccccn2c1=O. The predicted molar refractivity (Wildman–Crippen MR) is 120 cm³/mol. The van der Waals surface area contributed by atoms with Gasteiger partial charge in [0.25, 0.3) is 0 Å². The Balaban J connectivity index is 1.46. The van der Waals surface area contributed by atoms with Crippen LogP contribution >= 0.6 is 0 Å². The van der Waals surface area contributed by atoms with Crippen molar-refractivity contribution >= 4 is 11.6 Å². The minimum absolute atomic E-state index is 0.0441. The van der Waals surface area contributed by atoms with Crippen molar-refractivity contribution in [2.24, 2.45) is 0 Å². The van der Waals surface area contributed by atoms with Crippen LogP contribution in [0.5, 0.6) is 0 Å². The topological polar surface area (TPSA) is 89.5 Å². The number of amides is 1. The number of hydrogen-bond donors (Lipinski definition) is 1. The zero-order valence-electron chi connectivity index (χ0n) is 18.1. The molecule has 1 N–H and O–H groups in total. The van der Waals surface area contributed by atoms with E-state index < -0.39 is 6.04 Å². The van der Waals surface area contributed by atoms with E-state index in [1.54, 1.807) is 18.3 Å². The first kappa shape index (κ1) is 20.2. The van der Waals surface area contributed by atoms with Crippen molar-refractivity contribution < 1.29 is 4.79 Å².